The molecule has 13 heteroatoms. The van der Waals surface area contributed by atoms with Gasteiger partial charge in [-0.1, -0.05) is 46.4 Å². The molecule has 3 atom stereocenters. The largest absolute Gasteiger partial charge is 0.465 e. The molecule has 1 fully saturated rings. The highest BCUT2D eigenvalue weighted by Gasteiger charge is 2.36. The maximum Gasteiger partial charge on any atom is 0.407 e. The number of benzene rings is 1. The molecule has 0 radical (unpaired) electrons. The van der Waals surface area contributed by atoms with Crippen LogP contribution in [0.15, 0.2) is 29.2 Å². The van der Waals surface area contributed by atoms with Gasteiger partial charge in [-0.05, 0) is 49.4 Å². The summed E-state index contributed by atoms with van der Waals surface area (Å²) in [6, 6.07) is 4.71. The van der Waals surface area contributed by atoms with E-state index in [1.807, 2.05) is 0 Å². The zero-order chi connectivity index (χ0) is 22.5. The number of carboxylic acid groups (broad SMARTS) is 1. The van der Waals surface area contributed by atoms with Crippen LogP contribution in [-0.4, -0.2) is 53.9 Å². The van der Waals surface area contributed by atoms with Crippen molar-refractivity contribution in [3.05, 3.63) is 29.3 Å². The topological polar surface area (TPSA) is 122 Å². The van der Waals surface area contributed by atoms with Gasteiger partial charge in [0.15, 0.2) is 9.84 Å². The molecule has 30 heavy (non-hydrogen) atoms. The first-order valence-electron chi connectivity index (χ1n) is 8.83. The summed E-state index contributed by atoms with van der Waals surface area (Å²) in [4.78, 5) is 23.1. The van der Waals surface area contributed by atoms with E-state index in [-0.39, 0.29) is 17.1 Å². The predicted molar refractivity (Wildman–Crippen MR) is 114 cm³/mol. The maximum absolute atomic E-state index is 12.9. The average Bonchev–Trinajstić information content (AvgIpc) is 2.61. The van der Waals surface area contributed by atoms with E-state index in [0.717, 1.165) is 0 Å². The second-order valence-electron chi connectivity index (χ2n) is 6.90. The lowest BCUT2D eigenvalue weighted by Crippen LogP contribution is -2.50. The Morgan fingerprint density at radius 2 is 1.77 bits per heavy atom. The van der Waals surface area contributed by atoms with E-state index in [4.69, 9.17) is 56.2 Å². The molecule has 0 aromatic heterocycles. The average molecular weight is 522 g/mol. The van der Waals surface area contributed by atoms with Crippen molar-refractivity contribution >= 4 is 68.4 Å². The Morgan fingerprint density at radius 3 is 2.33 bits per heavy atom. The van der Waals surface area contributed by atoms with Crippen LogP contribution in [0.4, 0.5) is 9.59 Å². The summed E-state index contributed by atoms with van der Waals surface area (Å²) in [5.74, 6) is -0.876. The van der Waals surface area contributed by atoms with Gasteiger partial charge < -0.3 is 20.5 Å². The van der Waals surface area contributed by atoms with Gasteiger partial charge in [0.2, 0.25) is 3.79 Å². The summed E-state index contributed by atoms with van der Waals surface area (Å²) < 4.78 is 28.8. The fourth-order valence-corrected chi connectivity index (χ4v) is 5.27. The summed E-state index contributed by atoms with van der Waals surface area (Å²) in [5, 5.41) is 14.3. The molecule has 0 heterocycles. The lowest BCUT2D eigenvalue weighted by atomic mass is 9.82. The molecule has 3 unspecified atom stereocenters. The van der Waals surface area contributed by atoms with Crippen LogP contribution in [0.3, 0.4) is 0 Å². The van der Waals surface area contributed by atoms with Gasteiger partial charge in [0, 0.05) is 17.1 Å². The third-order valence-corrected chi connectivity index (χ3v) is 7.02. The number of sulfone groups is 1. The fraction of sp³-hybridized carbons (Fsp3) is 0.529. The number of hydrogen-bond acceptors (Lipinski definition) is 5. The monoisotopic (exact) mass is 520 g/mol. The first-order valence-corrected chi connectivity index (χ1v) is 12.0. The van der Waals surface area contributed by atoms with Gasteiger partial charge in [0.25, 0.3) is 0 Å². The van der Waals surface area contributed by atoms with E-state index in [0.29, 0.717) is 17.9 Å². The van der Waals surface area contributed by atoms with Gasteiger partial charge in [-0.3, -0.25) is 0 Å². The van der Waals surface area contributed by atoms with E-state index in [2.05, 4.69) is 10.6 Å². The van der Waals surface area contributed by atoms with Crippen LogP contribution in [-0.2, 0) is 14.6 Å². The van der Waals surface area contributed by atoms with Crippen LogP contribution in [0.2, 0.25) is 5.02 Å². The second-order valence-corrected chi connectivity index (χ2v) is 11.9. The zero-order valence-corrected chi connectivity index (χ0v) is 19.3. The van der Waals surface area contributed by atoms with E-state index in [1.165, 1.54) is 24.3 Å². The predicted octanol–water partition coefficient (Wildman–Crippen LogP) is 4.02. The van der Waals surface area contributed by atoms with Crippen LogP contribution in [0.5, 0.6) is 0 Å². The van der Waals surface area contributed by atoms with Crippen molar-refractivity contribution in [2.24, 2.45) is 5.92 Å². The first-order chi connectivity index (χ1) is 13.9. The lowest BCUT2D eigenvalue weighted by Gasteiger charge is -2.36. The van der Waals surface area contributed by atoms with Gasteiger partial charge in [-0.15, -0.1) is 0 Å². The first kappa shape index (κ1) is 25.1. The summed E-state index contributed by atoms with van der Waals surface area (Å²) >= 11 is 22.5. The Labute approximate surface area is 194 Å². The molecule has 168 valence electrons. The van der Waals surface area contributed by atoms with Gasteiger partial charge in [0.05, 0.1) is 10.6 Å². The Bertz CT molecular complexity index is 860. The highest BCUT2D eigenvalue weighted by atomic mass is 35.6. The van der Waals surface area contributed by atoms with Crippen molar-refractivity contribution in [2.75, 3.05) is 12.4 Å². The van der Waals surface area contributed by atoms with Gasteiger partial charge in [-0.2, -0.15) is 0 Å². The third-order valence-electron chi connectivity index (χ3n) is 4.59. The van der Waals surface area contributed by atoms with E-state index in [1.54, 1.807) is 0 Å². The fourth-order valence-electron chi connectivity index (χ4n) is 3.30. The lowest BCUT2D eigenvalue weighted by molar-refractivity contribution is 0.132. The van der Waals surface area contributed by atoms with Gasteiger partial charge in [0.1, 0.15) is 6.61 Å². The van der Waals surface area contributed by atoms with Crippen molar-refractivity contribution in [1.29, 1.82) is 0 Å². The molecule has 1 saturated carbocycles. The van der Waals surface area contributed by atoms with Crippen LogP contribution in [0, 0.1) is 5.92 Å². The molecule has 1 aliphatic carbocycles. The second kappa shape index (κ2) is 10.5. The van der Waals surface area contributed by atoms with Crippen LogP contribution >= 0.6 is 46.4 Å². The Kier molecular flexibility index (Phi) is 8.76. The number of alkyl carbamates (subject to hydrolysis) is 1. The molecule has 2 rings (SSSR count). The SMILES string of the molecule is O=C(O)NC1CCC(NC(=O)OCC(Cl)(Cl)Cl)C(CS(=O)(=O)c2ccc(Cl)cc2)C1. The molecule has 0 saturated heterocycles. The summed E-state index contributed by atoms with van der Waals surface area (Å²) in [6.07, 6.45) is -1.08. The minimum absolute atomic E-state index is 0.0812. The minimum atomic E-state index is -3.72. The summed E-state index contributed by atoms with van der Waals surface area (Å²) in [5.41, 5.74) is 0. The van der Waals surface area contributed by atoms with E-state index < -0.39 is 50.4 Å². The van der Waals surface area contributed by atoms with E-state index in [9.17, 15) is 18.0 Å². The molecular formula is C17H20Cl4N2O6S. The molecule has 2 amide bonds. The smallest absolute Gasteiger partial charge is 0.407 e. The summed E-state index contributed by atoms with van der Waals surface area (Å²) in [6.45, 7) is -0.479. The normalized spacial score (nSPS) is 22.2. The number of ether oxygens (including phenoxy) is 1. The zero-order valence-electron chi connectivity index (χ0n) is 15.5. The number of halogens is 4. The van der Waals surface area contributed by atoms with Gasteiger partial charge in [-0.25, -0.2) is 18.0 Å². The molecule has 0 aliphatic heterocycles. The van der Waals surface area contributed by atoms with Crippen molar-refractivity contribution in [1.82, 2.24) is 10.6 Å². The highest BCUT2D eigenvalue weighted by Crippen LogP contribution is 2.29. The molecule has 1 aromatic carbocycles. The van der Waals surface area contributed by atoms with Crippen molar-refractivity contribution in [2.45, 2.75) is 40.0 Å². The van der Waals surface area contributed by atoms with Crippen LogP contribution < -0.4 is 10.6 Å². The minimum Gasteiger partial charge on any atom is -0.465 e. The molecule has 0 bridgehead atoms. The number of carbonyl (C=O) groups excluding carboxylic acids is 1. The molecular weight excluding hydrogens is 502 g/mol. The quantitative estimate of drug-likeness (QED) is 0.486. The van der Waals surface area contributed by atoms with Crippen LogP contribution in [0.1, 0.15) is 19.3 Å². The highest BCUT2D eigenvalue weighted by molar-refractivity contribution is 7.91. The number of amides is 2. The number of rotatable bonds is 6. The van der Waals surface area contributed by atoms with E-state index >= 15 is 0 Å². The van der Waals surface area contributed by atoms with Crippen molar-refractivity contribution < 1.29 is 27.9 Å². The maximum atomic E-state index is 12.9. The number of carbonyl (C=O) groups is 2. The Balaban J connectivity index is 2.13. The summed E-state index contributed by atoms with van der Waals surface area (Å²) in [7, 11) is -3.72. The van der Waals surface area contributed by atoms with Gasteiger partial charge >= 0.3 is 12.2 Å². The Hall–Kier alpha value is -1.13. The number of nitrogens with one attached hydrogen (secondary N) is 2. The third kappa shape index (κ3) is 8.19. The molecule has 0 spiro atoms. The number of hydrogen-bond donors (Lipinski definition) is 3. The standard InChI is InChI=1S/C17H20Cl4N2O6S/c18-11-1-4-13(5-2-11)30(27,28)8-10-7-12(22-15(24)25)3-6-14(10)23-16(26)29-9-17(19,20)21/h1-2,4-5,10,12,14,22H,3,6-9H2,(H,23,26)(H,24,25). The van der Waals surface area contributed by atoms with Crippen molar-refractivity contribution in [3.8, 4) is 0 Å². The number of alkyl halides is 3. The molecule has 1 aromatic rings. The Morgan fingerprint density at radius 1 is 1.13 bits per heavy atom. The molecule has 3 N–H and O–H groups in total. The molecule has 8 nitrogen and oxygen atoms in total. The van der Waals surface area contributed by atoms with Crippen molar-refractivity contribution in [3.63, 3.8) is 0 Å². The molecule has 1 aliphatic rings. The van der Waals surface area contributed by atoms with Crippen LogP contribution in [0.25, 0.3) is 0 Å².